The molecule has 0 atom stereocenters. The second kappa shape index (κ2) is 6.31. The van der Waals surface area contributed by atoms with Gasteiger partial charge in [0, 0.05) is 16.6 Å². The maximum absolute atomic E-state index is 11.9. The van der Waals surface area contributed by atoms with Gasteiger partial charge in [-0.25, -0.2) is 0 Å². The molecule has 19 heavy (non-hydrogen) atoms. The highest BCUT2D eigenvalue weighted by Gasteiger charge is 2.05. The maximum atomic E-state index is 11.9. The molecular formula is C13H15N3O2S. The molecule has 0 aliphatic carbocycles. The molecule has 0 radical (unpaired) electrons. The van der Waals surface area contributed by atoms with Crippen LogP contribution in [0, 0.1) is 0 Å². The molecule has 0 saturated heterocycles. The SMILES string of the molecule is NCCc1ccc(C(=O)NCc2csc(=O)[nH]2)cc1. The molecule has 0 unspecified atom stereocenters. The average molecular weight is 277 g/mol. The van der Waals surface area contributed by atoms with Crippen LogP contribution in [0.5, 0.6) is 0 Å². The van der Waals surface area contributed by atoms with E-state index in [4.69, 9.17) is 5.73 Å². The standard InChI is InChI=1S/C13H15N3O2S/c14-6-5-9-1-3-10(4-2-9)12(17)15-7-11-8-19-13(18)16-11/h1-4,8H,5-7,14H2,(H,15,17)(H,16,18). The predicted octanol–water partition coefficient (Wildman–Crippen LogP) is 0.868. The summed E-state index contributed by atoms with van der Waals surface area (Å²) in [5, 5.41) is 4.45. The molecular weight excluding hydrogens is 262 g/mol. The van der Waals surface area contributed by atoms with Crippen molar-refractivity contribution in [3.8, 4) is 0 Å². The summed E-state index contributed by atoms with van der Waals surface area (Å²) in [7, 11) is 0. The number of nitrogens with one attached hydrogen (secondary N) is 2. The van der Waals surface area contributed by atoms with Crippen molar-refractivity contribution in [2.75, 3.05) is 6.54 Å². The summed E-state index contributed by atoms with van der Waals surface area (Å²) >= 11 is 1.09. The Morgan fingerprint density at radius 1 is 1.32 bits per heavy atom. The van der Waals surface area contributed by atoms with Crippen molar-refractivity contribution in [1.29, 1.82) is 0 Å². The fourth-order valence-corrected chi connectivity index (χ4v) is 2.25. The van der Waals surface area contributed by atoms with Crippen molar-refractivity contribution >= 4 is 17.2 Å². The Bertz CT molecular complexity index is 601. The van der Waals surface area contributed by atoms with Crippen molar-refractivity contribution in [2.24, 2.45) is 5.73 Å². The van der Waals surface area contributed by atoms with Gasteiger partial charge in [0.2, 0.25) is 0 Å². The second-order valence-electron chi connectivity index (χ2n) is 4.09. The van der Waals surface area contributed by atoms with Crippen molar-refractivity contribution in [3.05, 3.63) is 56.1 Å². The van der Waals surface area contributed by atoms with Crippen molar-refractivity contribution in [2.45, 2.75) is 13.0 Å². The van der Waals surface area contributed by atoms with Crippen LogP contribution in [0.1, 0.15) is 21.6 Å². The van der Waals surface area contributed by atoms with E-state index in [2.05, 4.69) is 10.3 Å². The summed E-state index contributed by atoms with van der Waals surface area (Å²) in [5.74, 6) is -0.161. The largest absolute Gasteiger partial charge is 0.346 e. The van der Waals surface area contributed by atoms with Gasteiger partial charge in [0.25, 0.3) is 5.91 Å². The van der Waals surface area contributed by atoms with Gasteiger partial charge in [0.05, 0.1) is 6.54 Å². The van der Waals surface area contributed by atoms with Gasteiger partial charge < -0.3 is 16.0 Å². The molecule has 0 saturated carbocycles. The number of amides is 1. The molecule has 0 bridgehead atoms. The highest BCUT2D eigenvalue weighted by molar-refractivity contribution is 7.07. The van der Waals surface area contributed by atoms with E-state index in [1.54, 1.807) is 17.5 Å². The minimum Gasteiger partial charge on any atom is -0.346 e. The zero-order valence-corrected chi connectivity index (χ0v) is 11.1. The van der Waals surface area contributed by atoms with Gasteiger partial charge in [0.1, 0.15) is 0 Å². The summed E-state index contributed by atoms with van der Waals surface area (Å²) in [6, 6.07) is 7.34. The third kappa shape index (κ3) is 3.77. The molecule has 0 fully saturated rings. The highest BCUT2D eigenvalue weighted by Crippen LogP contribution is 2.05. The Hall–Kier alpha value is -1.92. The summed E-state index contributed by atoms with van der Waals surface area (Å²) in [5.41, 5.74) is 7.88. The maximum Gasteiger partial charge on any atom is 0.304 e. The quantitative estimate of drug-likeness (QED) is 0.757. The van der Waals surface area contributed by atoms with E-state index in [1.165, 1.54) is 0 Å². The topological polar surface area (TPSA) is 88.0 Å². The number of carbonyl (C=O) groups is 1. The summed E-state index contributed by atoms with van der Waals surface area (Å²) in [6.07, 6.45) is 0.804. The lowest BCUT2D eigenvalue weighted by molar-refractivity contribution is 0.0950. The van der Waals surface area contributed by atoms with Crippen LogP contribution in [-0.4, -0.2) is 17.4 Å². The van der Waals surface area contributed by atoms with Crippen LogP contribution in [0.3, 0.4) is 0 Å². The minimum absolute atomic E-state index is 0.115. The Labute approximate surface area is 114 Å². The number of hydrogen-bond acceptors (Lipinski definition) is 4. The molecule has 4 N–H and O–H groups in total. The highest BCUT2D eigenvalue weighted by atomic mass is 32.1. The molecule has 100 valence electrons. The monoisotopic (exact) mass is 277 g/mol. The van der Waals surface area contributed by atoms with E-state index in [9.17, 15) is 9.59 Å². The lowest BCUT2D eigenvalue weighted by Crippen LogP contribution is -2.23. The van der Waals surface area contributed by atoms with Gasteiger partial charge in [-0.15, -0.1) is 0 Å². The van der Waals surface area contributed by atoms with Crippen LogP contribution < -0.4 is 15.9 Å². The molecule has 6 heteroatoms. The zero-order chi connectivity index (χ0) is 13.7. The van der Waals surface area contributed by atoms with Gasteiger partial charge in [-0.3, -0.25) is 9.59 Å². The third-order valence-corrected chi connectivity index (χ3v) is 3.38. The van der Waals surface area contributed by atoms with E-state index in [1.807, 2.05) is 12.1 Å². The lowest BCUT2D eigenvalue weighted by Gasteiger charge is -2.05. The van der Waals surface area contributed by atoms with Crippen LogP contribution >= 0.6 is 11.3 Å². The normalized spacial score (nSPS) is 10.4. The van der Waals surface area contributed by atoms with Gasteiger partial charge in [0.15, 0.2) is 0 Å². The average Bonchev–Trinajstić information content (AvgIpc) is 2.83. The molecule has 0 aliphatic heterocycles. The number of nitrogens with two attached hydrogens (primary N) is 1. The van der Waals surface area contributed by atoms with Crippen LogP contribution in [-0.2, 0) is 13.0 Å². The van der Waals surface area contributed by atoms with Crippen molar-refractivity contribution in [1.82, 2.24) is 10.3 Å². The summed E-state index contributed by atoms with van der Waals surface area (Å²) in [6.45, 7) is 0.916. The Morgan fingerprint density at radius 2 is 2.05 bits per heavy atom. The molecule has 2 rings (SSSR count). The number of H-pyrrole nitrogens is 1. The number of carbonyl (C=O) groups excluding carboxylic acids is 1. The number of rotatable bonds is 5. The number of aromatic amines is 1. The summed E-state index contributed by atoms with van der Waals surface area (Å²) in [4.78, 5) is 25.3. The lowest BCUT2D eigenvalue weighted by atomic mass is 10.1. The van der Waals surface area contributed by atoms with E-state index < -0.39 is 0 Å². The van der Waals surface area contributed by atoms with Crippen molar-refractivity contribution < 1.29 is 4.79 Å². The van der Waals surface area contributed by atoms with Crippen LogP contribution in [0.4, 0.5) is 0 Å². The van der Waals surface area contributed by atoms with E-state index in [0.717, 1.165) is 23.3 Å². The minimum atomic E-state index is -0.161. The fraction of sp³-hybridized carbons (Fsp3) is 0.231. The molecule has 1 heterocycles. The van der Waals surface area contributed by atoms with Gasteiger partial charge in [-0.1, -0.05) is 23.5 Å². The van der Waals surface area contributed by atoms with E-state index in [0.29, 0.717) is 24.3 Å². The predicted molar refractivity (Wildman–Crippen MR) is 75.3 cm³/mol. The first-order valence-corrected chi connectivity index (χ1v) is 6.81. The molecule has 2 aromatic rings. The van der Waals surface area contributed by atoms with Crippen LogP contribution in [0.15, 0.2) is 34.4 Å². The Kier molecular flexibility index (Phi) is 4.48. The van der Waals surface area contributed by atoms with E-state index >= 15 is 0 Å². The Balaban J connectivity index is 1.94. The summed E-state index contributed by atoms with van der Waals surface area (Å²) < 4.78 is 0. The second-order valence-corrected chi connectivity index (χ2v) is 4.93. The van der Waals surface area contributed by atoms with Gasteiger partial charge in [-0.05, 0) is 30.7 Å². The smallest absolute Gasteiger partial charge is 0.304 e. The first-order valence-electron chi connectivity index (χ1n) is 5.93. The molecule has 1 aromatic heterocycles. The Morgan fingerprint density at radius 3 is 2.63 bits per heavy atom. The first-order chi connectivity index (χ1) is 9.19. The number of thiazole rings is 1. The van der Waals surface area contributed by atoms with Crippen LogP contribution in [0.2, 0.25) is 0 Å². The first kappa shape index (κ1) is 13.5. The van der Waals surface area contributed by atoms with Gasteiger partial charge >= 0.3 is 4.87 Å². The third-order valence-electron chi connectivity index (χ3n) is 2.66. The van der Waals surface area contributed by atoms with Gasteiger partial charge in [-0.2, -0.15) is 0 Å². The molecule has 0 spiro atoms. The van der Waals surface area contributed by atoms with Crippen LogP contribution in [0.25, 0.3) is 0 Å². The molecule has 5 nitrogen and oxygen atoms in total. The number of benzene rings is 1. The van der Waals surface area contributed by atoms with E-state index in [-0.39, 0.29) is 10.8 Å². The van der Waals surface area contributed by atoms with Crippen molar-refractivity contribution in [3.63, 3.8) is 0 Å². The number of hydrogen-bond donors (Lipinski definition) is 3. The molecule has 1 aromatic carbocycles. The fourth-order valence-electron chi connectivity index (χ4n) is 1.67. The zero-order valence-electron chi connectivity index (χ0n) is 10.3. The molecule has 1 amide bonds. The number of aromatic nitrogens is 1. The molecule has 0 aliphatic rings.